The van der Waals surface area contributed by atoms with E-state index in [1.165, 1.54) is 18.2 Å². The summed E-state index contributed by atoms with van der Waals surface area (Å²) in [5, 5.41) is 8.23. The molecule has 0 bridgehead atoms. The third-order valence-corrected chi connectivity index (χ3v) is 5.73. The largest absolute Gasteiger partial charge is 0.484 e. The lowest BCUT2D eigenvalue weighted by Crippen LogP contribution is -2.46. The molecule has 1 aromatic carbocycles. The predicted molar refractivity (Wildman–Crippen MR) is 105 cm³/mol. The van der Waals surface area contributed by atoms with Crippen molar-refractivity contribution >= 4 is 17.7 Å². The number of aryl methyl sites for hydroxylation is 1. The fraction of sp³-hybridized carbons (Fsp3) is 0.550. The Balaban J connectivity index is 1.54. The minimum atomic E-state index is -0.247. The molecule has 0 aliphatic carbocycles. The van der Waals surface area contributed by atoms with Crippen LogP contribution in [0.5, 0.6) is 5.75 Å². The molecule has 2 unspecified atom stereocenters. The lowest BCUT2D eigenvalue weighted by Gasteiger charge is -2.36. The number of nitrogens with zero attached hydrogens (tertiary/aromatic N) is 3. The van der Waals surface area contributed by atoms with Crippen LogP contribution in [0, 0.1) is 6.92 Å². The summed E-state index contributed by atoms with van der Waals surface area (Å²) in [6, 6.07) is 8.16. The topological polar surface area (TPSA) is 68.5 Å². The average Bonchev–Trinajstić information content (AvgIpc) is 3.13. The van der Waals surface area contributed by atoms with Gasteiger partial charge in [-0.05, 0) is 57.2 Å². The van der Waals surface area contributed by atoms with E-state index in [1.54, 1.807) is 0 Å². The summed E-state index contributed by atoms with van der Waals surface area (Å²) in [5.74, 6) is 1.33. The second-order valence-corrected chi connectivity index (χ2v) is 8.21. The van der Waals surface area contributed by atoms with Crippen LogP contribution in [0.4, 0.5) is 0 Å². The maximum Gasteiger partial charge on any atom is 0.277 e. The minimum Gasteiger partial charge on any atom is -0.484 e. The summed E-state index contributed by atoms with van der Waals surface area (Å²) in [6.45, 7) is 7.12. The number of hydrogen-bond donors (Lipinski definition) is 0. The van der Waals surface area contributed by atoms with E-state index in [1.807, 2.05) is 43.0 Å². The van der Waals surface area contributed by atoms with Crippen molar-refractivity contribution in [1.29, 1.82) is 0 Å². The first-order valence-electron chi connectivity index (χ1n) is 9.55. The van der Waals surface area contributed by atoms with Gasteiger partial charge in [-0.15, -0.1) is 10.2 Å². The Kier molecular flexibility index (Phi) is 6.77. The van der Waals surface area contributed by atoms with E-state index in [0.717, 1.165) is 37.1 Å². The Morgan fingerprint density at radius 3 is 3.04 bits per heavy atom. The third kappa shape index (κ3) is 5.25. The van der Waals surface area contributed by atoms with Gasteiger partial charge >= 0.3 is 0 Å². The molecule has 0 saturated carbocycles. The van der Waals surface area contributed by atoms with Crippen LogP contribution in [0.25, 0.3) is 0 Å². The van der Waals surface area contributed by atoms with Crippen molar-refractivity contribution in [2.75, 3.05) is 6.54 Å². The summed E-state index contributed by atoms with van der Waals surface area (Å²) in [6.07, 6.45) is 4.39. The number of likely N-dealkylation sites (tertiary alicyclic amines) is 1. The molecule has 0 N–H and O–H groups in total. The van der Waals surface area contributed by atoms with Crippen molar-refractivity contribution in [2.24, 2.45) is 0 Å². The monoisotopic (exact) mass is 389 g/mol. The molecule has 1 fully saturated rings. The number of ether oxygens (including phenoxy) is 1. The highest BCUT2D eigenvalue weighted by atomic mass is 32.2. The zero-order valence-corrected chi connectivity index (χ0v) is 17.0. The first-order chi connectivity index (χ1) is 13.1. The van der Waals surface area contributed by atoms with E-state index in [0.29, 0.717) is 17.2 Å². The molecule has 3 rings (SSSR count). The molecule has 0 spiro atoms. The molecule has 6 nitrogen and oxygen atoms in total. The lowest BCUT2D eigenvalue weighted by atomic mass is 10.00. The number of thioether (sulfide) groups is 1. The standard InChI is InChI=1S/C20H27N3O3S/c1-4-16-9-5-6-11-23(16)19(24)15(3)27-20-22-21-18(26-20)13-25-17-10-7-8-14(2)12-17/h7-8,10,12,15-16H,4-6,9,11,13H2,1-3H3. The maximum absolute atomic E-state index is 12.8. The number of benzene rings is 1. The van der Waals surface area contributed by atoms with Crippen LogP contribution >= 0.6 is 11.8 Å². The number of amides is 1. The second kappa shape index (κ2) is 9.26. The van der Waals surface area contributed by atoms with E-state index in [-0.39, 0.29) is 17.8 Å². The minimum absolute atomic E-state index is 0.155. The van der Waals surface area contributed by atoms with Gasteiger partial charge in [-0.3, -0.25) is 4.79 Å². The SMILES string of the molecule is CCC1CCCCN1C(=O)C(C)Sc1nnc(COc2cccc(C)c2)o1. The first-order valence-corrected chi connectivity index (χ1v) is 10.4. The molecule has 2 heterocycles. The fourth-order valence-electron chi connectivity index (χ4n) is 3.34. The quantitative estimate of drug-likeness (QED) is 0.660. The highest BCUT2D eigenvalue weighted by Crippen LogP contribution is 2.27. The molecular weight excluding hydrogens is 362 g/mol. The molecule has 146 valence electrons. The van der Waals surface area contributed by atoms with Gasteiger partial charge in [0.15, 0.2) is 6.61 Å². The van der Waals surface area contributed by atoms with Gasteiger partial charge in [0.2, 0.25) is 5.91 Å². The van der Waals surface area contributed by atoms with Gasteiger partial charge in [-0.1, -0.05) is 30.8 Å². The Morgan fingerprint density at radius 2 is 2.26 bits per heavy atom. The molecule has 1 aromatic heterocycles. The number of piperidine rings is 1. The van der Waals surface area contributed by atoms with E-state index in [2.05, 4.69) is 17.1 Å². The number of carbonyl (C=O) groups excluding carboxylic acids is 1. The van der Waals surface area contributed by atoms with Gasteiger partial charge in [0.05, 0.1) is 5.25 Å². The van der Waals surface area contributed by atoms with Gasteiger partial charge in [-0.2, -0.15) is 0 Å². The zero-order valence-electron chi connectivity index (χ0n) is 16.2. The van der Waals surface area contributed by atoms with Crippen molar-refractivity contribution in [1.82, 2.24) is 15.1 Å². The first kappa shape index (κ1) is 19.7. The van der Waals surface area contributed by atoms with Crippen molar-refractivity contribution in [2.45, 2.75) is 69.6 Å². The van der Waals surface area contributed by atoms with Crippen molar-refractivity contribution in [3.8, 4) is 5.75 Å². The smallest absolute Gasteiger partial charge is 0.277 e. The van der Waals surface area contributed by atoms with Gasteiger partial charge in [0, 0.05) is 12.6 Å². The maximum atomic E-state index is 12.8. The molecule has 1 saturated heterocycles. The summed E-state index contributed by atoms with van der Waals surface area (Å²) in [5.41, 5.74) is 1.13. The molecule has 2 atom stereocenters. The van der Waals surface area contributed by atoms with Gasteiger partial charge < -0.3 is 14.1 Å². The number of hydrogen-bond acceptors (Lipinski definition) is 6. The van der Waals surface area contributed by atoms with Gasteiger partial charge in [-0.25, -0.2) is 0 Å². The van der Waals surface area contributed by atoms with Crippen molar-refractivity contribution in [3.63, 3.8) is 0 Å². The van der Waals surface area contributed by atoms with Crippen LogP contribution in [-0.4, -0.2) is 38.8 Å². The molecule has 2 aromatic rings. The van der Waals surface area contributed by atoms with Gasteiger partial charge in [0.25, 0.3) is 11.1 Å². The van der Waals surface area contributed by atoms with Crippen molar-refractivity contribution in [3.05, 3.63) is 35.7 Å². The average molecular weight is 390 g/mol. The number of aromatic nitrogens is 2. The zero-order chi connectivity index (χ0) is 19.2. The third-order valence-electron chi connectivity index (χ3n) is 4.81. The Hall–Kier alpha value is -2.02. The van der Waals surface area contributed by atoms with Crippen LogP contribution in [0.3, 0.4) is 0 Å². The second-order valence-electron chi connectivity index (χ2n) is 6.92. The van der Waals surface area contributed by atoms with E-state index in [9.17, 15) is 4.79 Å². The van der Waals surface area contributed by atoms with Crippen LogP contribution < -0.4 is 4.74 Å². The fourth-order valence-corrected chi connectivity index (χ4v) is 4.12. The van der Waals surface area contributed by atoms with Crippen LogP contribution in [0.15, 0.2) is 33.9 Å². The highest BCUT2D eigenvalue weighted by Gasteiger charge is 2.30. The lowest BCUT2D eigenvalue weighted by molar-refractivity contribution is -0.134. The Bertz CT molecular complexity index is 764. The van der Waals surface area contributed by atoms with Crippen LogP contribution in [-0.2, 0) is 11.4 Å². The van der Waals surface area contributed by atoms with E-state index >= 15 is 0 Å². The summed E-state index contributed by atoms with van der Waals surface area (Å²) < 4.78 is 11.3. The van der Waals surface area contributed by atoms with Crippen LogP contribution in [0.1, 0.15) is 51.0 Å². The molecule has 27 heavy (non-hydrogen) atoms. The number of rotatable bonds is 7. The molecule has 1 amide bonds. The molecular formula is C20H27N3O3S. The van der Waals surface area contributed by atoms with E-state index < -0.39 is 0 Å². The Labute approximate surface area is 164 Å². The summed E-state index contributed by atoms with van der Waals surface area (Å²) >= 11 is 1.32. The van der Waals surface area contributed by atoms with E-state index in [4.69, 9.17) is 9.15 Å². The summed E-state index contributed by atoms with van der Waals surface area (Å²) in [7, 11) is 0. The Morgan fingerprint density at radius 1 is 1.41 bits per heavy atom. The molecule has 1 aliphatic heterocycles. The molecule has 1 aliphatic rings. The number of carbonyl (C=O) groups is 1. The predicted octanol–water partition coefficient (Wildman–Crippen LogP) is 4.23. The van der Waals surface area contributed by atoms with Crippen molar-refractivity contribution < 1.29 is 13.9 Å². The summed E-state index contributed by atoms with van der Waals surface area (Å²) in [4.78, 5) is 14.8. The molecule has 0 radical (unpaired) electrons. The van der Waals surface area contributed by atoms with Gasteiger partial charge in [0.1, 0.15) is 5.75 Å². The normalized spacial score (nSPS) is 18.3. The highest BCUT2D eigenvalue weighted by molar-refractivity contribution is 8.00. The molecule has 7 heteroatoms. The van der Waals surface area contributed by atoms with Crippen LogP contribution in [0.2, 0.25) is 0 Å².